The standard InChI is InChI=1S/C35H39N3O5SSi/c1-26-18-20-42-32(26)34(40)37-30-13-10-12-27(23-30)16-17-28-22-29(25-36-24-28)33(39)38-44(41,31-14-8-7-9-15-31)21-11-19-43-45(5,6)35(2,3)4/h7-10,12-15,18,20-25H,11,19H2,1-6H3,(H,37,40)(H,38,39,41). The number of carbonyl (C=O) groups is 2. The molecule has 0 saturated heterocycles. The number of nitrogens with one attached hydrogen (secondary N) is 2. The highest BCUT2D eigenvalue weighted by Gasteiger charge is 2.36. The molecule has 2 aromatic carbocycles. The Morgan fingerprint density at radius 1 is 0.978 bits per heavy atom. The van der Waals surface area contributed by atoms with Gasteiger partial charge >= 0.3 is 0 Å². The maximum Gasteiger partial charge on any atom is 0.291 e. The summed E-state index contributed by atoms with van der Waals surface area (Å²) >= 11 is 0. The second kappa shape index (κ2) is 14.1. The van der Waals surface area contributed by atoms with Crippen LogP contribution in [-0.2, 0) is 14.1 Å². The lowest BCUT2D eigenvalue weighted by Gasteiger charge is -2.36. The van der Waals surface area contributed by atoms with Gasteiger partial charge < -0.3 is 14.2 Å². The van der Waals surface area contributed by atoms with Gasteiger partial charge in [0.2, 0.25) is 0 Å². The first-order chi connectivity index (χ1) is 21.3. The Kier molecular flexibility index (Phi) is 10.5. The zero-order valence-corrected chi connectivity index (χ0v) is 28.3. The highest BCUT2D eigenvalue weighted by atomic mass is 32.2. The van der Waals surface area contributed by atoms with Crippen molar-refractivity contribution in [1.82, 2.24) is 9.71 Å². The van der Waals surface area contributed by atoms with Crippen LogP contribution in [0.25, 0.3) is 0 Å². The third-order valence-corrected chi connectivity index (χ3v) is 14.3. The average molecular weight is 642 g/mol. The van der Waals surface area contributed by atoms with Crippen LogP contribution in [0.5, 0.6) is 0 Å². The number of pyridine rings is 1. The Labute approximate surface area is 266 Å². The molecule has 0 bridgehead atoms. The molecule has 0 fully saturated rings. The minimum absolute atomic E-state index is 0.0568. The molecule has 1 atom stereocenters. The number of benzene rings is 2. The van der Waals surface area contributed by atoms with Crippen LogP contribution in [0, 0.1) is 18.8 Å². The van der Waals surface area contributed by atoms with Gasteiger partial charge in [0.25, 0.3) is 11.8 Å². The Morgan fingerprint density at radius 2 is 1.71 bits per heavy atom. The van der Waals surface area contributed by atoms with Gasteiger partial charge in [0.15, 0.2) is 14.1 Å². The molecule has 2 N–H and O–H groups in total. The van der Waals surface area contributed by atoms with Gasteiger partial charge in [0.1, 0.15) is 0 Å². The predicted molar refractivity (Wildman–Crippen MR) is 182 cm³/mol. The Bertz CT molecular complexity index is 1860. The molecule has 10 heteroatoms. The summed E-state index contributed by atoms with van der Waals surface area (Å²) in [6.07, 6.45) is 4.84. The molecule has 1 unspecified atom stereocenters. The minimum atomic E-state index is -3.06. The van der Waals surface area contributed by atoms with Crippen molar-refractivity contribution in [3.8, 4) is 11.8 Å². The lowest BCUT2D eigenvalue weighted by molar-refractivity contribution is 0.0978. The van der Waals surface area contributed by atoms with Crippen LogP contribution < -0.4 is 10.0 Å². The van der Waals surface area contributed by atoms with Gasteiger partial charge in [-0.2, -0.15) is 0 Å². The van der Waals surface area contributed by atoms with E-state index in [1.807, 2.05) is 12.1 Å². The summed E-state index contributed by atoms with van der Waals surface area (Å²) in [4.78, 5) is 30.6. The third-order valence-electron chi connectivity index (χ3n) is 7.62. The zero-order chi connectivity index (χ0) is 32.7. The van der Waals surface area contributed by atoms with E-state index in [-0.39, 0.29) is 22.3 Å². The molecule has 2 amide bonds. The van der Waals surface area contributed by atoms with E-state index in [1.165, 1.54) is 12.5 Å². The maximum absolute atomic E-state index is 14.2. The lowest BCUT2D eigenvalue weighted by atomic mass is 10.1. The molecule has 0 aliphatic rings. The average Bonchev–Trinajstić information content (AvgIpc) is 3.44. The molecule has 4 aromatic rings. The number of carbonyl (C=O) groups excluding carboxylic acids is 2. The first-order valence-electron chi connectivity index (χ1n) is 14.6. The molecular formula is C35H39N3O5SSi. The number of aryl methyl sites for hydroxylation is 1. The van der Waals surface area contributed by atoms with Gasteiger partial charge in [-0.15, -0.1) is 0 Å². The van der Waals surface area contributed by atoms with Gasteiger partial charge in [0.05, 0.1) is 21.5 Å². The number of amides is 2. The minimum Gasteiger partial charge on any atom is -0.459 e. The second-order valence-corrected chi connectivity index (χ2v) is 19.1. The van der Waals surface area contributed by atoms with E-state index in [4.69, 9.17) is 8.84 Å². The topological polar surface area (TPSA) is 111 Å². The quantitative estimate of drug-likeness (QED) is 0.0897. The van der Waals surface area contributed by atoms with Crippen molar-refractivity contribution in [1.29, 1.82) is 0 Å². The van der Waals surface area contributed by atoms with Crippen molar-refractivity contribution in [3.05, 3.63) is 113 Å². The SMILES string of the molecule is Cc1ccoc1C(=O)Nc1cccc(C#Cc2cncc(C(=O)NS(=O)(=CCCO[Si](C)(C)C(C)(C)C)c3ccccc3)c2)c1. The van der Waals surface area contributed by atoms with Crippen molar-refractivity contribution in [2.75, 3.05) is 11.9 Å². The molecule has 0 radical (unpaired) electrons. The number of hydrogen-bond acceptors (Lipinski definition) is 6. The molecule has 234 valence electrons. The first kappa shape index (κ1) is 33.5. The fraction of sp³-hybridized carbons (Fsp3) is 0.257. The van der Waals surface area contributed by atoms with Crippen LogP contribution in [0.1, 0.15) is 64.8 Å². The summed E-state index contributed by atoms with van der Waals surface area (Å²) in [6.45, 7) is 13.1. The number of hydrogen-bond donors (Lipinski definition) is 2. The molecule has 2 heterocycles. The lowest BCUT2D eigenvalue weighted by Crippen LogP contribution is -2.41. The van der Waals surface area contributed by atoms with Crippen molar-refractivity contribution >= 4 is 40.9 Å². The van der Waals surface area contributed by atoms with Crippen molar-refractivity contribution in [2.45, 2.75) is 57.1 Å². The summed E-state index contributed by atoms with van der Waals surface area (Å²) in [5, 5.41) is 4.51. The number of rotatable bonds is 9. The van der Waals surface area contributed by atoms with Crippen LogP contribution in [-0.4, -0.2) is 41.3 Å². The smallest absolute Gasteiger partial charge is 0.291 e. The summed E-state index contributed by atoms with van der Waals surface area (Å²) < 4.78 is 28.4. The fourth-order valence-corrected chi connectivity index (χ4v) is 6.84. The van der Waals surface area contributed by atoms with Gasteiger partial charge in [-0.05, 0) is 79.3 Å². The van der Waals surface area contributed by atoms with Crippen LogP contribution in [0.2, 0.25) is 18.1 Å². The van der Waals surface area contributed by atoms with E-state index < -0.39 is 23.9 Å². The van der Waals surface area contributed by atoms with Gasteiger partial charge in [0, 0.05) is 46.3 Å². The first-order valence-corrected chi connectivity index (χ1v) is 19.1. The monoisotopic (exact) mass is 641 g/mol. The van der Waals surface area contributed by atoms with Gasteiger partial charge in [-0.25, -0.2) is 4.21 Å². The Balaban J connectivity index is 1.50. The molecule has 8 nitrogen and oxygen atoms in total. The van der Waals surface area contributed by atoms with Crippen molar-refractivity contribution < 1.29 is 22.6 Å². The van der Waals surface area contributed by atoms with Crippen LogP contribution in [0.15, 0.2) is 94.7 Å². The fourth-order valence-electron chi connectivity index (χ4n) is 4.01. The van der Waals surface area contributed by atoms with E-state index in [1.54, 1.807) is 73.1 Å². The molecule has 0 saturated carbocycles. The normalized spacial score (nSPS) is 12.8. The van der Waals surface area contributed by atoms with Crippen LogP contribution in [0.4, 0.5) is 5.69 Å². The van der Waals surface area contributed by atoms with E-state index in [9.17, 15) is 13.8 Å². The highest BCUT2D eigenvalue weighted by molar-refractivity contribution is 8.00. The maximum atomic E-state index is 14.2. The van der Waals surface area contributed by atoms with E-state index in [0.717, 1.165) is 5.56 Å². The predicted octanol–water partition coefficient (Wildman–Crippen LogP) is 6.84. The number of nitrogens with zero attached hydrogens (tertiary/aromatic N) is 1. The van der Waals surface area contributed by atoms with Crippen LogP contribution >= 0.6 is 0 Å². The van der Waals surface area contributed by atoms with E-state index in [2.05, 4.69) is 60.7 Å². The third kappa shape index (κ3) is 8.82. The second-order valence-electron chi connectivity index (χ2n) is 12.1. The van der Waals surface area contributed by atoms with Crippen molar-refractivity contribution in [2.24, 2.45) is 0 Å². The molecule has 2 aromatic heterocycles. The molecule has 45 heavy (non-hydrogen) atoms. The van der Waals surface area contributed by atoms with E-state index >= 15 is 0 Å². The molecule has 0 spiro atoms. The molecule has 0 aliphatic heterocycles. The Hall–Kier alpha value is -4.43. The summed E-state index contributed by atoms with van der Waals surface area (Å²) in [7, 11) is -5.04. The van der Waals surface area contributed by atoms with E-state index in [0.29, 0.717) is 34.7 Å². The molecule has 4 rings (SSSR count). The summed E-state index contributed by atoms with van der Waals surface area (Å²) in [6, 6.07) is 19.3. The van der Waals surface area contributed by atoms with Gasteiger partial charge in [-0.1, -0.05) is 56.9 Å². The van der Waals surface area contributed by atoms with Crippen molar-refractivity contribution in [3.63, 3.8) is 0 Å². The van der Waals surface area contributed by atoms with Gasteiger partial charge in [-0.3, -0.25) is 19.3 Å². The summed E-state index contributed by atoms with van der Waals surface area (Å²) in [5.41, 5.74) is 2.69. The molecular weight excluding hydrogens is 603 g/mol. The highest BCUT2D eigenvalue weighted by Crippen LogP contribution is 2.36. The Morgan fingerprint density at radius 3 is 2.40 bits per heavy atom. The zero-order valence-electron chi connectivity index (χ0n) is 26.5. The molecule has 0 aliphatic carbocycles. The number of anilines is 1. The number of furan rings is 1. The largest absolute Gasteiger partial charge is 0.459 e. The van der Waals surface area contributed by atoms with Crippen LogP contribution in [0.3, 0.4) is 0 Å². The summed E-state index contributed by atoms with van der Waals surface area (Å²) in [5.74, 6) is 5.44. The number of aromatic nitrogens is 1.